The van der Waals surface area contributed by atoms with E-state index in [9.17, 15) is 9.59 Å². The number of cyclic esters (lactones) is 1. The van der Waals surface area contributed by atoms with E-state index >= 15 is 0 Å². The van der Waals surface area contributed by atoms with Crippen LogP contribution in [0.3, 0.4) is 0 Å². The van der Waals surface area contributed by atoms with Crippen LogP contribution in [0, 0.1) is 0 Å². The largest absolute Gasteiger partial charge is 0.461 e. The summed E-state index contributed by atoms with van der Waals surface area (Å²) in [6, 6.07) is 5.41. The number of pyridine rings is 1. The van der Waals surface area contributed by atoms with Gasteiger partial charge >= 0.3 is 12.1 Å². The topological polar surface area (TPSA) is 68.7 Å². The van der Waals surface area contributed by atoms with Crippen molar-refractivity contribution in [2.24, 2.45) is 0 Å². The van der Waals surface area contributed by atoms with Crippen molar-refractivity contribution >= 4 is 18.1 Å². The summed E-state index contributed by atoms with van der Waals surface area (Å²) in [7, 11) is 0. The Morgan fingerprint density at radius 2 is 2.42 bits per heavy atom. The molecule has 6 heteroatoms. The van der Waals surface area contributed by atoms with E-state index < -0.39 is 5.97 Å². The molecule has 0 saturated carbocycles. The Kier molecular flexibility index (Phi) is 4.49. The van der Waals surface area contributed by atoms with Crippen molar-refractivity contribution in [2.75, 3.05) is 26.3 Å². The number of carbonyl (C=O) groups excluding carboxylic acids is 2. The zero-order valence-electron chi connectivity index (χ0n) is 10.3. The van der Waals surface area contributed by atoms with E-state index in [1.807, 2.05) is 6.07 Å². The van der Waals surface area contributed by atoms with Crippen LogP contribution in [-0.2, 0) is 14.3 Å². The number of rotatable bonds is 5. The lowest BCUT2D eigenvalue weighted by Gasteiger charge is -2.11. The molecule has 2 heterocycles. The number of aromatic nitrogens is 1. The van der Waals surface area contributed by atoms with E-state index in [0.29, 0.717) is 25.4 Å². The highest BCUT2D eigenvalue weighted by Gasteiger charge is 2.21. The van der Waals surface area contributed by atoms with Gasteiger partial charge in [-0.1, -0.05) is 6.07 Å². The van der Waals surface area contributed by atoms with E-state index in [2.05, 4.69) is 4.98 Å². The second kappa shape index (κ2) is 6.53. The minimum Gasteiger partial charge on any atom is -0.461 e. The third kappa shape index (κ3) is 4.09. The predicted molar refractivity (Wildman–Crippen MR) is 67.2 cm³/mol. The molecule has 1 aromatic rings. The summed E-state index contributed by atoms with van der Waals surface area (Å²) in [6.45, 7) is 1.44. The highest BCUT2D eigenvalue weighted by Crippen LogP contribution is 2.02. The Labute approximate surface area is 110 Å². The van der Waals surface area contributed by atoms with Crippen LogP contribution in [0.4, 0.5) is 4.79 Å². The molecule has 1 saturated heterocycles. The van der Waals surface area contributed by atoms with Gasteiger partial charge in [0.15, 0.2) is 0 Å². The number of hydrogen-bond donors (Lipinski definition) is 0. The highest BCUT2D eigenvalue weighted by atomic mass is 16.6. The summed E-state index contributed by atoms with van der Waals surface area (Å²) < 4.78 is 9.72. The average Bonchev–Trinajstić information content (AvgIpc) is 2.83. The first kappa shape index (κ1) is 13.1. The van der Waals surface area contributed by atoms with E-state index in [0.717, 1.165) is 0 Å². The molecule has 1 amide bonds. The van der Waals surface area contributed by atoms with E-state index in [-0.39, 0.29) is 12.7 Å². The molecule has 0 radical (unpaired) electrons. The molecule has 1 aromatic heterocycles. The number of esters is 1. The molecule has 2 rings (SSSR count). The fourth-order valence-electron chi connectivity index (χ4n) is 1.56. The van der Waals surface area contributed by atoms with Crippen LogP contribution in [0.5, 0.6) is 0 Å². The van der Waals surface area contributed by atoms with Crippen molar-refractivity contribution in [1.29, 1.82) is 0 Å². The first-order chi connectivity index (χ1) is 9.25. The van der Waals surface area contributed by atoms with Gasteiger partial charge in [-0.25, -0.2) is 9.59 Å². The van der Waals surface area contributed by atoms with Crippen LogP contribution >= 0.6 is 0 Å². The van der Waals surface area contributed by atoms with Crippen LogP contribution in [0.15, 0.2) is 30.5 Å². The zero-order valence-corrected chi connectivity index (χ0v) is 10.3. The van der Waals surface area contributed by atoms with Gasteiger partial charge in [-0.2, -0.15) is 0 Å². The van der Waals surface area contributed by atoms with Crippen LogP contribution in [0.2, 0.25) is 0 Å². The van der Waals surface area contributed by atoms with Crippen molar-refractivity contribution in [3.8, 4) is 0 Å². The molecular weight excluding hydrogens is 248 g/mol. The number of carbonyl (C=O) groups is 2. The number of amides is 1. The lowest BCUT2D eigenvalue weighted by atomic mass is 10.3. The first-order valence-electron chi connectivity index (χ1n) is 5.93. The monoisotopic (exact) mass is 262 g/mol. The molecule has 0 unspecified atom stereocenters. The Morgan fingerprint density at radius 1 is 1.53 bits per heavy atom. The maximum Gasteiger partial charge on any atom is 0.410 e. The maximum atomic E-state index is 11.4. The molecule has 0 aromatic carbocycles. The summed E-state index contributed by atoms with van der Waals surface area (Å²) in [6.07, 6.45) is 4.17. The Hall–Kier alpha value is -2.37. The Bertz CT molecular complexity index is 473. The van der Waals surface area contributed by atoms with Gasteiger partial charge in [0.1, 0.15) is 13.2 Å². The van der Waals surface area contributed by atoms with Crippen molar-refractivity contribution in [3.05, 3.63) is 36.2 Å². The van der Waals surface area contributed by atoms with Gasteiger partial charge in [0.25, 0.3) is 0 Å². The van der Waals surface area contributed by atoms with Crippen LogP contribution < -0.4 is 0 Å². The minimum absolute atomic E-state index is 0.153. The summed E-state index contributed by atoms with van der Waals surface area (Å²) in [5, 5.41) is 0. The van der Waals surface area contributed by atoms with Crippen LogP contribution in [0.1, 0.15) is 5.69 Å². The van der Waals surface area contributed by atoms with Crippen molar-refractivity contribution < 1.29 is 19.1 Å². The fraction of sp³-hybridized carbons (Fsp3) is 0.308. The van der Waals surface area contributed by atoms with Gasteiger partial charge in [-0.3, -0.25) is 4.98 Å². The second-order valence-corrected chi connectivity index (χ2v) is 3.86. The molecule has 19 heavy (non-hydrogen) atoms. The van der Waals surface area contributed by atoms with Gasteiger partial charge in [-0.15, -0.1) is 0 Å². The molecule has 0 spiro atoms. The third-order valence-electron chi connectivity index (χ3n) is 2.53. The van der Waals surface area contributed by atoms with Gasteiger partial charge in [0.2, 0.25) is 0 Å². The van der Waals surface area contributed by atoms with Gasteiger partial charge in [-0.05, 0) is 18.2 Å². The fourth-order valence-corrected chi connectivity index (χ4v) is 1.56. The SMILES string of the molecule is O=C(/C=C/c1ccccn1)OCCN1CCOC1=O. The molecule has 0 aliphatic carbocycles. The van der Waals surface area contributed by atoms with E-state index in [4.69, 9.17) is 9.47 Å². The molecule has 0 atom stereocenters. The van der Waals surface area contributed by atoms with Crippen LogP contribution in [0.25, 0.3) is 6.08 Å². The first-order valence-corrected chi connectivity index (χ1v) is 5.93. The van der Waals surface area contributed by atoms with Gasteiger partial charge in [0.05, 0.1) is 18.8 Å². The second-order valence-electron chi connectivity index (χ2n) is 3.86. The maximum absolute atomic E-state index is 11.4. The lowest BCUT2D eigenvalue weighted by molar-refractivity contribution is -0.137. The normalized spacial score (nSPS) is 14.7. The van der Waals surface area contributed by atoms with Crippen molar-refractivity contribution in [2.45, 2.75) is 0 Å². The van der Waals surface area contributed by atoms with Crippen molar-refractivity contribution in [1.82, 2.24) is 9.88 Å². The summed E-state index contributed by atoms with van der Waals surface area (Å²) in [5.41, 5.74) is 0.683. The molecule has 1 aliphatic heterocycles. The number of nitrogens with zero attached hydrogens (tertiary/aromatic N) is 2. The molecular formula is C13H14N2O4. The van der Waals surface area contributed by atoms with Gasteiger partial charge in [0, 0.05) is 12.3 Å². The smallest absolute Gasteiger partial charge is 0.410 e. The van der Waals surface area contributed by atoms with E-state index in [1.54, 1.807) is 24.4 Å². The zero-order chi connectivity index (χ0) is 13.5. The van der Waals surface area contributed by atoms with Gasteiger partial charge < -0.3 is 14.4 Å². The average molecular weight is 262 g/mol. The molecule has 1 aliphatic rings. The van der Waals surface area contributed by atoms with E-state index in [1.165, 1.54) is 11.0 Å². The lowest BCUT2D eigenvalue weighted by Crippen LogP contribution is -2.28. The molecule has 0 bridgehead atoms. The minimum atomic E-state index is -0.460. The number of hydrogen-bond acceptors (Lipinski definition) is 5. The quantitative estimate of drug-likeness (QED) is 0.587. The Balaban J connectivity index is 1.70. The highest BCUT2D eigenvalue weighted by molar-refractivity contribution is 5.86. The summed E-state index contributed by atoms with van der Waals surface area (Å²) in [5.74, 6) is -0.460. The molecule has 1 fully saturated rings. The molecule has 0 N–H and O–H groups in total. The molecule has 6 nitrogen and oxygen atoms in total. The summed E-state index contributed by atoms with van der Waals surface area (Å²) >= 11 is 0. The molecule has 100 valence electrons. The predicted octanol–water partition coefficient (Wildman–Crippen LogP) is 1.09. The number of ether oxygens (including phenoxy) is 2. The third-order valence-corrected chi connectivity index (χ3v) is 2.53. The standard InChI is InChI=1S/C13H14N2O4/c16-12(5-4-11-3-1-2-6-14-11)18-9-7-15-8-10-19-13(15)17/h1-6H,7-10H2/b5-4+. The summed E-state index contributed by atoms with van der Waals surface area (Å²) in [4.78, 5) is 28.0. The van der Waals surface area contributed by atoms with Crippen molar-refractivity contribution in [3.63, 3.8) is 0 Å². The van der Waals surface area contributed by atoms with Crippen LogP contribution in [-0.4, -0.2) is 48.2 Å². The Morgan fingerprint density at radius 3 is 3.11 bits per heavy atom.